The van der Waals surface area contributed by atoms with Gasteiger partial charge in [-0.15, -0.1) is 5.10 Å². The van der Waals surface area contributed by atoms with Crippen LogP contribution in [0.25, 0.3) is 0 Å². The van der Waals surface area contributed by atoms with Crippen molar-refractivity contribution < 1.29 is 9.90 Å². The number of fused-ring (bicyclic) bond motifs is 2. The third kappa shape index (κ3) is 2.87. The monoisotopic (exact) mass is 312 g/mol. The van der Waals surface area contributed by atoms with Gasteiger partial charge in [-0.05, 0) is 32.7 Å². The van der Waals surface area contributed by atoms with Gasteiger partial charge in [0.15, 0.2) is 5.16 Å². The van der Waals surface area contributed by atoms with Gasteiger partial charge in [-0.3, -0.25) is 9.36 Å². The molecule has 3 heterocycles. The lowest BCUT2D eigenvalue weighted by atomic mass is 9.82. The Morgan fingerprint density at radius 2 is 2.05 bits per heavy atom. The molecule has 2 saturated heterocycles. The first-order valence-corrected chi connectivity index (χ1v) is 8.28. The lowest BCUT2D eigenvalue weighted by Gasteiger charge is -2.47. The van der Waals surface area contributed by atoms with Crippen LogP contribution in [0.4, 0.5) is 0 Å². The summed E-state index contributed by atoms with van der Waals surface area (Å²) in [5.74, 6) is -0.980. The van der Waals surface area contributed by atoms with Crippen molar-refractivity contribution in [3.05, 3.63) is 10.5 Å². The first kappa shape index (κ1) is 14.6. The molecular weight excluding hydrogens is 292 g/mol. The second-order valence-electron chi connectivity index (χ2n) is 5.89. The summed E-state index contributed by atoms with van der Waals surface area (Å²) >= 11 is 1.11. The Morgan fingerprint density at radius 1 is 1.38 bits per heavy atom. The highest BCUT2D eigenvalue weighted by Crippen LogP contribution is 2.38. The normalized spacial score (nSPS) is 29.5. The summed E-state index contributed by atoms with van der Waals surface area (Å²) in [6.07, 6.45) is 5.48. The lowest BCUT2D eigenvalue weighted by Crippen LogP contribution is -2.50. The second-order valence-corrected chi connectivity index (χ2v) is 6.84. The summed E-state index contributed by atoms with van der Waals surface area (Å²) in [5.41, 5.74) is -0.226. The number of carboxylic acids is 1. The molecule has 0 aliphatic carbocycles. The molecule has 7 nitrogen and oxygen atoms in total. The van der Waals surface area contributed by atoms with Gasteiger partial charge in [0.05, 0.1) is 5.75 Å². The van der Waals surface area contributed by atoms with Crippen molar-refractivity contribution >= 4 is 17.7 Å². The van der Waals surface area contributed by atoms with E-state index in [9.17, 15) is 9.59 Å². The van der Waals surface area contributed by atoms with Crippen LogP contribution in [0, 0.1) is 0 Å². The maximum Gasteiger partial charge on any atom is 0.344 e. The Labute approximate surface area is 126 Å². The van der Waals surface area contributed by atoms with Crippen LogP contribution < -0.4 is 5.69 Å². The molecule has 1 aromatic rings. The summed E-state index contributed by atoms with van der Waals surface area (Å²) in [5, 5.41) is 15.7. The highest BCUT2D eigenvalue weighted by molar-refractivity contribution is 7.99. The number of piperidine rings is 2. The molecule has 3 rings (SSSR count). The molecule has 0 aromatic carbocycles. The molecule has 0 radical (unpaired) electrons. The number of aromatic nitrogens is 3. The third-order valence-corrected chi connectivity index (χ3v) is 5.61. The Kier molecular flexibility index (Phi) is 4.08. The molecule has 0 amide bonds. The van der Waals surface area contributed by atoms with Crippen molar-refractivity contribution in [3.63, 3.8) is 0 Å². The number of carbonyl (C=O) groups is 1. The molecule has 0 saturated carbocycles. The number of hydrogen-bond acceptors (Lipinski definition) is 5. The van der Waals surface area contributed by atoms with Crippen molar-refractivity contribution in [2.75, 3.05) is 12.8 Å². The zero-order chi connectivity index (χ0) is 15.0. The molecule has 116 valence electrons. The van der Waals surface area contributed by atoms with Crippen molar-refractivity contribution in [1.29, 1.82) is 0 Å². The van der Waals surface area contributed by atoms with Crippen LogP contribution >= 0.6 is 11.8 Å². The number of H-pyrrole nitrogens is 1. The third-order valence-electron chi connectivity index (χ3n) is 4.68. The summed E-state index contributed by atoms with van der Waals surface area (Å²) in [7, 11) is 2.17. The number of hydrogen-bond donors (Lipinski definition) is 2. The molecule has 21 heavy (non-hydrogen) atoms. The quantitative estimate of drug-likeness (QED) is 0.804. The summed E-state index contributed by atoms with van der Waals surface area (Å²) in [6.45, 7) is 0. The molecule has 2 aliphatic heterocycles. The molecule has 8 heteroatoms. The fraction of sp³-hybridized carbons (Fsp3) is 0.769. The number of carboxylic acid groups (broad SMARTS) is 1. The summed E-state index contributed by atoms with van der Waals surface area (Å²) < 4.78 is 1.67. The van der Waals surface area contributed by atoms with Gasteiger partial charge in [0, 0.05) is 18.1 Å². The van der Waals surface area contributed by atoms with Crippen molar-refractivity contribution in [2.45, 2.75) is 55.4 Å². The maximum atomic E-state index is 12.1. The average molecular weight is 312 g/mol. The minimum atomic E-state index is -0.901. The highest BCUT2D eigenvalue weighted by atomic mass is 32.2. The molecule has 0 spiro atoms. The van der Waals surface area contributed by atoms with Gasteiger partial charge >= 0.3 is 11.7 Å². The van der Waals surface area contributed by atoms with E-state index in [4.69, 9.17) is 5.11 Å². The molecule has 1 aromatic heterocycles. The summed E-state index contributed by atoms with van der Waals surface area (Å²) in [6, 6.07) is 1.15. The number of aliphatic carboxylic acids is 1. The minimum Gasteiger partial charge on any atom is -0.481 e. The molecule has 2 bridgehead atoms. The van der Waals surface area contributed by atoms with Crippen LogP contribution in [0.15, 0.2) is 9.95 Å². The Bertz CT molecular complexity index is 570. The van der Waals surface area contributed by atoms with Gasteiger partial charge < -0.3 is 10.0 Å². The van der Waals surface area contributed by atoms with E-state index in [1.807, 2.05) is 0 Å². The first-order chi connectivity index (χ1) is 10.1. The standard InChI is InChI=1S/C13H20N4O3S/c1-16-8-3-2-4-9(16)6-10(5-8)17-12(20)14-15-13(17)21-7-11(18)19/h8-10H,2-7H2,1H3,(H,14,20)(H,18,19). The van der Waals surface area contributed by atoms with E-state index in [-0.39, 0.29) is 17.5 Å². The summed E-state index contributed by atoms with van der Waals surface area (Å²) in [4.78, 5) is 25.2. The van der Waals surface area contributed by atoms with Crippen LogP contribution in [0.2, 0.25) is 0 Å². The zero-order valence-electron chi connectivity index (χ0n) is 12.0. The number of nitrogens with zero attached hydrogens (tertiary/aromatic N) is 3. The molecule has 2 unspecified atom stereocenters. The van der Waals surface area contributed by atoms with E-state index in [0.717, 1.165) is 24.6 Å². The predicted molar refractivity (Wildman–Crippen MR) is 78.7 cm³/mol. The van der Waals surface area contributed by atoms with Gasteiger partial charge in [-0.25, -0.2) is 9.89 Å². The van der Waals surface area contributed by atoms with Crippen molar-refractivity contribution in [1.82, 2.24) is 19.7 Å². The van der Waals surface area contributed by atoms with E-state index in [2.05, 4.69) is 22.1 Å². The van der Waals surface area contributed by atoms with E-state index in [0.29, 0.717) is 17.2 Å². The van der Waals surface area contributed by atoms with Crippen LogP contribution in [-0.2, 0) is 4.79 Å². The fourth-order valence-electron chi connectivity index (χ4n) is 3.64. The number of thioether (sulfide) groups is 1. The van der Waals surface area contributed by atoms with Gasteiger partial charge in [-0.1, -0.05) is 18.2 Å². The maximum absolute atomic E-state index is 12.1. The topological polar surface area (TPSA) is 91.2 Å². The fourth-order valence-corrected chi connectivity index (χ4v) is 4.37. The van der Waals surface area contributed by atoms with E-state index in [1.165, 1.54) is 19.3 Å². The van der Waals surface area contributed by atoms with E-state index >= 15 is 0 Å². The van der Waals surface area contributed by atoms with Gasteiger partial charge in [0.1, 0.15) is 0 Å². The van der Waals surface area contributed by atoms with Crippen LogP contribution in [0.5, 0.6) is 0 Å². The Hall–Kier alpha value is -1.28. The predicted octanol–water partition coefficient (Wildman–Crippen LogP) is 0.936. The zero-order valence-corrected chi connectivity index (χ0v) is 12.8. The molecule has 2 fully saturated rings. The SMILES string of the molecule is CN1C2CCCC1CC(n1c(SCC(=O)O)n[nH]c1=O)C2. The molecule has 2 atom stereocenters. The van der Waals surface area contributed by atoms with Crippen molar-refractivity contribution in [3.8, 4) is 0 Å². The molecular formula is C13H20N4O3S. The Morgan fingerprint density at radius 3 is 2.67 bits per heavy atom. The smallest absolute Gasteiger partial charge is 0.344 e. The first-order valence-electron chi connectivity index (χ1n) is 7.29. The largest absolute Gasteiger partial charge is 0.481 e. The Balaban J connectivity index is 1.82. The van der Waals surface area contributed by atoms with E-state index < -0.39 is 5.97 Å². The van der Waals surface area contributed by atoms with Gasteiger partial charge in [0.25, 0.3) is 0 Å². The van der Waals surface area contributed by atoms with Crippen LogP contribution in [0.1, 0.15) is 38.1 Å². The van der Waals surface area contributed by atoms with Gasteiger partial charge in [0.2, 0.25) is 0 Å². The van der Waals surface area contributed by atoms with Gasteiger partial charge in [-0.2, -0.15) is 0 Å². The lowest BCUT2D eigenvalue weighted by molar-refractivity contribution is -0.133. The van der Waals surface area contributed by atoms with E-state index in [1.54, 1.807) is 4.57 Å². The number of rotatable bonds is 4. The average Bonchev–Trinajstić information content (AvgIpc) is 2.77. The second kappa shape index (κ2) is 5.84. The molecule has 2 aliphatic rings. The highest BCUT2D eigenvalue weighted by Gasteiger charge is 2.38. The minimum absolute atomic E-state index is 0.0796. The number of nitrogens with one attached hydrogen (secondary N) is 1. The number of aromatic amines is 1. The van der Waals surface area contributed by atoms with Crippen molar-refractivity contribution in [2.24, 2.45) is 0 Å². The van der Waals surface area contributed by atoms with Crippen LogP contribution in [0.3, 0.4) is 0 Å². The van der Waals surface area contributed by atoms with Crippen LogP contribution in [-0.4, -0.2) is 55.6 Å². The molecule has 2 N–H and O–H groups in total.